The van der Waals surface area contributed by atoms with Gasteiger partial charge in [-0.05, 0) is 13.8 Å². The molecule has 0 unspecified atom stereocenters. The van der Waals surface area contributed by atoms with Gasteiger partial charge in [0, 0.05) is 26.5 Å². The fourth-order valence-corrected chi connectivity index (χ4v) is 1.25. The Hall–Kier alpha value is -1.36. The van der Waals surface area contributed by atoms with Crippen molar-refractivity contribution in [1.82, 2.24) is 14.9 Å². The third-order valence-electron chi connectivity index (χ3n) is 1.99. The van der Waals surface area contributed by atoms with Crippen LogP contribution in [0, 0.1) is 6.92 Å². The van der Waals surface area contributed by atoms with E-state index in [2.05, 4.69) is 15.0 Å². The molecule has 1 aromatic heterocycles. The number of hydrogen-bond donors (Lipinski definition) is 0. The van der Waals surface area contributed by atoms with Gasteiger partial charge < -0.3 is 4.90 Å². The summed E-state index contributed by atoms with van der Waals surface area (Å²) < 4.78 is 0. The van der Waals surface area contributed by atoms with Gasteiger partial charge in [-0.25, -0.2) is 4.99 Å². The Bertz CT molecular complexity index is 398. The zero-order valence-electron chi connectivity index (χ0n) is 9.35. The molecule has 0 radical (unpaired) electrons. The van der Waals surface area contributed by atoms with E-state index in [1.807, 2.05) is 32.8 Å². The first-order valence-corrected chi connectivity index (χ1v) is 4.97. The summed E-state index contributed by atoms with van der Waals surface area (Å²) in [4.78, 5) is 14.9. The monoisotopic (exact) mass is 222 g/mol. The molecule has 1 aromatic rings. The molecular weight excluding hydrogens is 208 g/mol. The van der Waals surface area contributed by atoms with E-state index in [9.17, 15) is 0 Å². The quantitative estimate of drug-likeness (QED) is 0.409. The average molecular weight is 222 g/mol. The molecule has 0 aliphatic carbocycles. The van der Waals surface area contributed by atoms with Crippen LogP contribution in [0.4, 0.5) is 0 Å². The van der Waals surface area contributed by atoms with Crippen LogP contribution in [-0.2, 0) is 0 Å². The second-order valence-corrected chi connectivity index (χ2v) is 3.74. The SMILES string of the molecule is CC(=NC(=S)c1nccnc1C)N(C)C. The van der Waals surface area contributed by atoms with E-state index in [-0.39, 0.29) is 0 Å². The topological polar surface area (TPSA) is 41.4 Å². The van der Waals surface area contributed by atoms with Gasteiger partial charge in [0.25, 0.3) is 0 Å². The van der Waals surface area contributed by atoms with E-state index < -0.39 is 0 Å². The standard InChI is InChI=1S/C10H14N4S/c1-7-9(12-6-5-11-7)10(15)13-8(2)14(3)4/h5-6H,1-4H3. The minimum Gasteiger partial charge on any atom is -0.366 e. The molecule has 0 atom stereocenters. The Kier molecular flexibility index (Phi) is 3.85. The molecule has 0 aromatic carbocycles. The van der Waals surface area contributed by atoms with E-state index in [1.54, 1.807) is 12.4 Å². The third kappa shape index (κ3) is 3.06. The number of thiocarbonyl (C=S) groups is 1. The number of aryl methyl sites for hydroxylation is 1. The van der Waals surface area contributed by atoms with Gasteiger partial charge in [-0.15, -0.1) is 0 Å². The second kappa shape index (κ2) is 4.93. The van der Waals surface area contributed by atoms with Crippen LogP contribution in [0.2, 0.25) is 0 Å². The van der Waals surface area contributed by atoms with Crippen molar-refractivity contribution in [2.24, 2.45) is 4.99 Å². The summed E-state index contributed by atoms with van der Waals surface area (Å²) in [5, 5.41) is 0. The maximum atomic E-state index is 5.19. The Balaban J connectivity index is 2.97. The van der Waals surface area contributed by atoms with Crippen molar-refractivity contribution in [2.45, 2.75) is 13.8 Å². The summed E-state index contributed by atoms with van der Waals surface area (Å²) in [6.07, 6.45) is 3.26. The molecule has 0 N–H and O–H groups in total. The molecule has 1 heterocycles. The molecule has 0 aliphatic rings. The highest BCUT2D eigenvalue weighted by molar-refractivity contribution is 7.80. The highest BCUT2D eigenvalue weighted by atomic mass is 32.1. The first-order valence-electron chi connectivity index (χ1n) is 4.57. The average Bonchev–Trinajstić information content (AvgIpc) is 2.18. The lowest BCUT2D eigenvalue weighted by Gasteiger charge is -2.11. The summed E-state index contributed by atoms with van der Waals surface area (Å²) in [5.74, 6) is 0.852. The molecule has 1 rings (SSSR count). The van der Waals surface area contributed by atoms with Crippen molar-refractivity contribution in [3.8, 4) is 0 Å². The van der Waals surface area contributed by atoms with Crippen LogP contribution in [0.25, 0.3) is 0 Å². The van der Waals surface area contributed by atoms with Crippen molar-refractivity contribution in [2.75, 3.05) is 14.1 Å². The van der Waals surface area contributed by atoms with Gasteiger partial charge in [0.05, 0.1) is 5.69 Å². The van der Waals surface area contributed by atoms with Crippen molar-refractivity contribution in [3.05, 3.63) is 23.8 Å². The van der Waals surface area contributed by atoms with Crippen LogP contribution in [0.3, 0.4) is 0 Å². The number of rotatable bonds is 1. The van der Waals surface area contributed by atoms with Crippen molar-refractivity contribution >= 4 is 23.0 Å². The van der Waals surface area contributed by atoms with Gasteiger partial charge in [0.1, 0.15) is 11.5 Å². The fourth-order valence-electron chi connectivity index (χ4n) is 0.917. The summed E-state index contributed by atoms with van der Waals surface area (Å²) in [7, 11) is 3.84. The van der Waals surface area contributed by atoms with Crippen molar-refractivity contribution < 1.29 is 0 Å². The first-order chi connectivity index (χ1) is 7.02. The Morgan fingerprint density at radius 3 is 2.47 bits per heavy atom. The molecular formula is C10H14N4S. The Morgan fingerprint density at radius 1 is 1.33 bits per heavy atom. The fraction of sp³-hybridized carbons (Fsp3) is 0.400. The van der Waals surface area contributed by atoms with Gasteiger partial charge in [0.15, 0.2) is 4.99 Å². The molecule has 0 saturated heterocycles. The normalized spacial score (nSPS) is 11.3. The number of amidine groups is 1. The van der Waals surface area contributed by atoms with Gasteiger partial charge >= 0.3 is 0 Å². The van der Waals surface area contributed by atoms with Crippen LogP contribution in [0.5, 0.6) is 0 Å². The molecule has 0 amide bonds. The van der Waals surface area contributed by atoms with Gasteiger partial charge in [0.2, 0.25) is 0 Å². The van der Waals surface area contributed by atoms with Crippen LogP contribution in [0.1, 0.15) is 18.3 Å². The molecule has 0 spiro atoms. The number of nitrogens with zero attached hydrogens (tertiary/aromatic N) is 4. The van der Waals surface area contributed by atoms with E-state index in [1.165, 1.54) is 0 Å². The van der Waals surface area contributed by atoms with Crippen LogP contribution >= 0.6 is 12.2 Å². The number of aromatic nitrogens is 2. The van der Waals surface area contributed by atoms with Crippen LogP contribution in [-0.4, -0.2) is 39.8 Å². The zero-order valence-corrected chi connectivity index (χ0v) is 10.2. The van der Waals surface area contributed by atoms with E-state index >= 15 is 0 Å². The maximum absolute atomic E-state index is 5.19. The van der Waals surface area contributed by atoms with E-state index in [0.29, 0.717) is 10.7 Å². The highest BCUT2D eigenvalue weighted by Gasteiger charge is 2.06. The third-order valence-corrected chi connectivity index (χ3v) is 2.28. The predicted molar refractivity (Wildman–Crippen MR) is 65.3 cm³/mol. The van der Waals surface area contributed by atoms with E-state index in [4.69, 9.17) is 12.2 Å². The molecule has 0 bridgehead atoms. The lowest BCUT2D eigenvalue weighted by molar-refractivity contribution is 0.620. The molecule has 0 fully saturated rings. The highest BCUT2D eigenvalue weighted by Crippen LogP contribution is 2.03. The van der Waals surface area contributed by atoms with Crippen LogP contribution in [0.15, 0.2) is 17.4 Å². The summed E-state index contributed by atoms with van der Waals surface area (Å²) in [6, 6.07) is 0. The van der Waals surface area contributed by atoms with Gasteiger partial charge in [-0.2, -0.15) is 0 Å². The predicted octanol–water partition coefficient (Wildman–Crippen LogP) is 1.44. The smallest absolute Gasteiger partial charge is 0.155 e. The lowest BCUT2D eigenvalue weighted by atomic mass is 10.3. The molecule has 5 heteroatoms. The number of hydrogen-bond acceptors (Lipinski definition) is 3. The zero-order chi connectivity index (χ0) is 11.4. The summed E-state index contributed by atoms with van der Waals surface area (Å²) in [5.41, 5.74) is 1.48. The van der Waals surface area contributed by atoms with Crippen LogP contribution < -0.4 is 0 Å². The maximum Gasteiger partial charge on any atom is 0.155 e. The molecule has 0 aliphatic heterocycles. The Labute approximate surface area is 95.1 Å². The van der Waals surface area contributed by atoms with Gasteiger partial charge in [-0.3, -0.25) is 9.97 Å². The molecule has 80 valence electrons. The summed E-state index contributed by atoms with van der Waals surface area (Å²) >= 11 is 5.19. The summed E-state index contributed by atoms with van der Waals surface area (Å²) in [6.45, 7) is 3.77. The molecule has 0 saturated carbocycles. The Morgan fingerprint density at radius 2 is 1.93 bits per heavy atom. The number of aliphatic imine (C=N–C) groups is 1. The lowest BCUT2D eigenvalue weighted by Crippen LogP contribution is -2.20. The molecule has 15 heavy (non-hydrogen) atoms. The minimum atomic E-state index is 0.479. The van der Waals surface area contributed by atoms with Gasteiger partial charge in [-0.1, -0.05) is 12.2 Å². The second-order valence-electron chi connectivity index (χ2n) is 3.35. The minimum absolute atomic E-state index is 0.479. The van der Waals surface area contributed by atoms with Crippen molar-refractivity contribution in [3.63, 3.8) is 0 Å². The van der Waals surface area contributed by atoms with Crippen molar-refractivity contribution in [1.29, 1.82) is 0 Å². The molecule has 4 nitrogen and oxygen atoms in total. The largest absolute Gasteiger partial charge is 0.366 e. The first kappa shape index (κ1) is 11.7. The van der Waals surface area contributed by atoms with E-state index in [0.717, 1.165) is 11.5 Å².